The number of allylic oxidation sites excluding steroid dienone is 16. The molecule has 0 spiro atoms. The Kier molecular flexibility index (Phi) is 63.0. The number of carbonyl (C=O) groups excluding carboxylic acids is 2. The van der Waals surface area contributed by atoms with Gasteiger partial charge >= 0.3 is 11.9 Å². The first-order chi connectivity index (χ1) is 41.5. The lowest BCUT2D eigenvalue weighted by Crippen LogP contribution is -2.37. The van der Waals surface area contributed by atoms with Gasteiger partial charge in [0.25, 0.3) is 7.82 Å². The van der Waals surface area contributed by atoms with E-state index in [2.05, 4.69) is 111 Å². The summed E-state index contributed by atoms with van der Waals surface area (Å²) in [6.45, 7) is 4.15. The van der Waals surface area contributed by atoms with Crippen LogP contribution in [-0.4, -0.2) is 70.0 Å². The summed E-state index contributed by atoms with van der Waals surface area (Å²) in [5.74, 6) is -0.834. The molecule has 0 aliphatic carbocycles. The molecule has 0 aromatic carbocycles. The molecule has 9 nitrogen and oxygen atoms in total. The molecule has 2 atom stereocenters. The average Bonchev–Trinajstić information content (AvgIpc) is 3.54. The Morgan fingerprint density at radius 2 is 0.671 bits per heavy atom. The molecule has 0 rings (SSSR count). The first-order valence-electron chi connectivity index (χ1n) is 35.4. The molecular formula is C75H134NO8P. The van der Waals surface area contributed by atoms with Crippen LogP contribution in [0.15, 0.2) is 97.2 Å². The van der Waals surface area contributed by atoms with Gasteiger partial charge in [0.05, 0.1) is 27.7 Å². The lowest BCUT2D eigenvalue weighted by atomic mass is 10.0. The van der Waals surface area contributed by atoms with Crippen LogP contribution >= 0.6 is 7.82 Å². The number of rotatable bonds is 65. The van der Waals surface area contributed by atoms with Crippen molar-refractivity contribution in [2.45, 2.75) is 322 Å². The second-order valence-corrected chi connectivity index (χ2v) is 26.3. The molecule has 0 aliphatic heterocycles. The molecule has 492 valence electrons. The van der Waals surface area contributed by atoms with Crippen LogP contribution in [0.25, 0.3) is 0 Å². The molecule has 0 saturated carbocycles. The summed E-state index contributed by atoms with van der Waals surface area (Å²) in [5.41, 5.74) is 0. The normalized spacial score (nSPS) is 13.7. The van der Waals surface area contributed by atoms with Crippen molar-refractivity contribution in [3.8, 4) is 0 Å². The highest BCUT2D eigenvalue weighted by Gasteiger charge is 2.22. The van der Waals surface area contributed by atoms with Gasteiger partial charge in [-0.25, -0.2) is 0 Å². The molecule has 0 bridgehead atoms. The first kappa shape index (κ1) is 81.9. The van der Waals surface area contributed by atoms with Crippen molar-refractivity contribution in [3.05, 3.63) is 97.2 Å². The lowest BCUT2D eigenvalue weighted by Gasteiger charge is -2.28. The smallest absolute Gasteiger partial charge is 0.306 e. The summed E-state index contributed by atoms with van der Waals surface area (Å²) in [7, 11) is 1.16. The molecule has 85 heavy (non-hydrogen) atoms. The number of phosphoric ester groups is 1. The number of unbranched alkanes of at least 4 members (excludes halogenated alkanes) is 35. The quantitative estimate of drug-likeness (QED) is 0.0195. The SMILES string of the molecule is CC/C=C\C/C=C\C/C=C\C/C=C\C/C=C\C/C=C\C/C=C\C/C=C\CCCCCCCCCCC(=O)OC(COC(=O)CCCCCCCCCCCCCCCCCCCCCCCCCCCCCC)COP(=O)([O-])OCC[N+](C)(C)C. The molecule has 0 aromatic heterocycles. The van der Waals surface area contributed by atoms with E-state index in [4.69, 9.17) is 18.5 Å². The number of ether oxygens (including phenoxy) is 2. The van der Waals surface area contributed by atoms with E-state index in [0.29, 0.717) is 17.4 Å². The maximum absolute atomic E-state index is 12.9. The summed E-state index contributed by atoms with van der Waals surface area (Å²) >= 11 is 0. The van der Waals surface area contributed by atoms with Crippen LogP contribution in [0.3, 0.4) is 0 Å². The van der Waals surface area contributed by atoms with E-state index in [1.54, 1.807) is 0 Å². The van der Waals surface area contributed by atoms with E-state index in [1.807, 2.05) is 21.1 Å². The van der Waals surface area contributed by atoms with Gasteiger partial charge in [-0.3, -0.25) is 14.2 Å². The number of likely N-dealkylation sites (N-methyl/N-ethyl adjacent to an activating group) is 1. The summed E-state index contributed by atoms with van der Waals surface area (Å²) in [4.78, 5) is 38.1. The average molecular weight is 1210 g/mol. The lowest BCUT2D eigenvalue weighted by molar-refractivity contribution is -0.870. The van der Waals surface area contributed by atoms with Gasteiger partial charge < -0.3 is 27.9 Å². The number of esters is 2. The van der Waals surface area contributed by atoms with Gasteiger partial charge in [-0.15, -0.1) is 0 Å². The predicted octanol–water partition coefficient (Wildman–Crippen LogP) is 22.5. The van der Waals surface area contributed by atoms with E-state index in [-0.39, 0.29) is 32.0 Å². The van der Waals surface area contributed by atoms with E-state index < -0.39 is 26.5 Å². The molecule has 10 heteroatoms. The number of hydrogen-bond acceptors (Lipinski definition) is 8. The molecule has 2 unspecified atom stereocenters. The number of nitrogens with zero attached hydrogens (tertiary/aromatic N) is 1. The summed E-state index contributed by atoms with van der Waals surface area (Å²) in [6, 6.07) is 0. The third kappa shape index (κ3) is 69.9. The summed E-state index contributed by atoms with van der Waals surface area (Å²) in [6.07, 6.45) is 90.6. The van der Waals surface area contributed by atoms with E-state index >= 15 is 0 Å². The van der Waals surface area contributed by atoms with E-state index in [0.717, 1.165) is 96.3 Å². The zero-order valence-electron chi connectivity index (χ0n) is 56.0. The van der Waals surface area contributed by atoms with Crippen LogP contribution in [0.5, 0.6) is 0 Å². The largest absolute Gasteiger partial charge is 0.756 e. The van der Waals surface area contributed by atoms with Crippen LogP contribution in [0.1, 0.15) is 316 Å². The molecule has 0 saturated heterocycles. The van der Waals surface area contributed by atoms with Crippen molar-refractivity contribution in [1.29, 1.82) is 0 Å². The minimum Gasteiger partial charge on any atom is -0.756 e. The molecule has 0 radical (unpaired) electrons. The Labute approximate surface area is 525 Å². The van der Waals surface area contributed by atoms with Crippen LogP contribution in [-0.2, 0) is 32.7 Å². The number of carbonyl (C=O) groups is 2. The fourth-order valence-electron chi connectivity index (χ4n) is 9.97. The first-order valence-corrected chi connectivity index (χ1v) is 36.9. The predicted molar refractivity (Wildman–Crippen MR) is 365 cm³/mol. The number of quaternary nitrogens is 1. The summed E-state index contributed by atoms with van der Waals surface area (Å²) in [5, 5.41) is 0. The summed E-state index contributed by atoms with van der Waals surface area (Å²) < 4.78 is 34.3. The Morgan fingerprint density at radius 1 is 0.376 bits per heavy atom. The van der Waals surface area contributed by atoms with Gasteiger partial charge in [-0.05, 0) is 77.0 Å². The molecule has 0 fully saturated rings. The van der Waals surface area contributed by atoms with Crippen LogP contribution in [0.4, 0.5) is 0 Å². The van der Waals surface area contributed by atoms with Gasteiger partial charge in [-0.2, -0.15) is 0 Å². The van der Waals surface area contributed by atoms with Crippen molar-refractivity contribution in [2.24, 2.45) is 0 Å². The standard InChI is InChI=1S/C75H134NO8P/c1-6-8-10-12-14-16-18-20-22-24-26-28-30-32-34-36-37-38-39-40-42-44-46-48-50-52-54-56-58-60-62-64-66-68-75(78)84-73(72-83-85(79,80)82-70-69-76(3,4)5)71-81-74(77)67-65-63-61-59-57-55-53-51-49-47-45-43-41-35-33-31-29-27-25-23-21-19-17-15-13-11-9-7-2/h8,10,14,16,20,22,26,28,32,34,37-38,40,42,46,48,73H,6-7,9,11-13,15,17-19,21,23-25,27,29-31,33,35-36,39,41,43-45,47,49-72H2,1-5H3/b10-8-,16-14-,22-20-,28-26-,34-32-,38-37-,42-40-,48-46-. The second-order valence-electron chi connectivity index (χ2n) is 24.9. The Bertz CT molecular complexity index is 1760. The van der Waals surface area contributed by atoms with E-state index in [9.17, 15) is 19.0 Å². The number of phosphoric acid groups is 1. The Hall–Kier alpha value is -3.07. The maximum atomic E-state index is 12.9. The third-order valence-electron chi connectivity index (χ3n) is 15.4. The van der Waals surface area contributed by atoms with Crippen molar-refractivity contribution >= 4 is 19.8 Å². The minimum atomic E-state index is -4.65. The fraction of sp³-hybridized carbons (Fsp3) is 0.760. The van der Waals surface area contributed by atoms with Crippen molar-refractivity contribution in [2.75, 3.05) is 47.5 Å². The highest BCUT2D eigenvalue weighted by Crippen LogP contribution is 2.38. The fourth-order valence-corrected chi connectivity index (χ4v) is 10.7. The van der Waals surface area contributed by atoms with E-state index in [1.165, 1.54) is 186 Å². The van der Waals surface area contributed by atoms with Crippen molar-refractivity contribution < 1.29 is 42.1 Å². The molecule has 0 amide bonds. The number of hydrogen-bond donors (Lipinski definition) is 0. The zero-order chi connectivity index (χ0) is 61.9. The second kappa shape index (κ2) is 65.4. The monoisotopic (exact) mass is 1210 g/mol. The highest BCUT2D eigenvalue weighted by molar-refractivity contribution is 7.45. The van der Waals surface area contributed by atoms with Gasteiger partial charge in [0, 0.05) is 12.8 Å². The van der Waals surface area contributed by atoms with Gasteiger partial charge in [0.2, 0.25) is 0 Å². The third-order valence-corrected chi connectivity index (χ3v) is 16.3. The van der Waals surface area contributed by atoms with Gasteiger partial charge in [-0.1, -0.05) is 323 Å². The topological polar surface area (TPSA) is 111 Å². The molecule has 0 aliphatic rings. The maximum Gasteiger partial charge on any atom is 0.306 e. The highest BCUT2D eigenvalue weighted by atomic mass is 31.2. The molecule has 0 aromatic rings. The van der Waals surface area contributed by atoms with Gasteiger partial charge in [0.15, 0.2) is 6.10 Å². The van der Waals surface area contributed by atoms with Gasteiger partial charge in [0.1, 0.15) is 19.8 Å². The van der Waals surface area contributed by atoms with Crippen molar-refractivity contribution in [3.63, 3.8) is 0 Å². The Morgan fingerprint density at radius 3 is 1.00 bits per heavy atom. The zero-order valence-corrected chi connectivity index (χ0v) is 56.9. The molecular weight excluding hydrogens is 1070 g/mol. The van der Waals surface area contributed by atoms with Crippen LogP contribution in [0, 0.1) is 0 Å². The minimum absolute atomic E-state index is 0.0352. The molecule has 0 heterocycles. The van der Waals surface area contributed by atoms with Crippen LogP contribution in [0.2, 0.25) is 0 Å². The molecule has 0 N–H and O–H groups in total. The van der Waals surface area contributed by atoms with Crippen molar-refractivity contribution in [1.82, 2.24) is 0 Å². The Balaban J connectivity index is 4.08. The van der Waals surface area contributed by atoms with Crippen LogP contribution < -0.4 is 4.89 Å².